The van der Waals surface area contributed by atoms with Crippen LogP contribution in [0.15, 0.2) is 0 Å². The monoisotopic (exact) mass is 244 g/mol. The van der Waals surface area contributed by atoms with E-state index in [9.17, 15) is 5.11 Å². The van der Waals surface area contributed by atoms with E-state index in [0.717, 1.165) is 12.8 Å². The van der Waals surface area contributed by atoms with Crippen molar-refractivity contribution < 1.29 is 24.1 Å². The van der Waals surface area contributed by atoms with Crippen LogP contribution in [0, 0.1) is 5.92 Å². The standard InChI is InChI=1S/C12H20O5/c1-11(2)15-8-9(16-11)12(17-10(8)14-3)5-4-7(12)6-13/h7-10,13H,4-6H2,1-3H3/t7-,8+,9?,10?,12-/m1/s1. The lowest BCUT2D eigenvalue weighted by molar-refractivity contribution is -0.282. The molecule has 2 aliphatic heterocycles. The van der Waals surface area contributed by atoms with Gasteiger partial charge in [-0.1, -0.05) is 0 Å². The first-order chi connectivity index (χ1) is 8.02. The summed E-state index contributed by atoms with van der Waals surface area (Å²) in [5, 5.41) is 9.40. The molecule has 1 saturated carbocycles. The van der Waals surface area contributed by atoms with Gasteiger partial charge in [0.15, 0.2) is 12.1 Å². The summed E-state index contributed by atoms with van der Waals surface area (Å²) in [7, 11) is 1.61. The van der Waals surface area contributed by atoms with E-state index < -0.39 is 17.7 Å². The Morgan fingerprint density at radius 2 is 2.06 bits per heavy atom. The first-order valence-electron chi connectivity index (χ1n) is 6.19. The minimum atomic E-state index is -0.599. The van der Waals surface area contributed by atoms with Gasteiger partial charge in [-0.15, -0.1) is 0 Å². The van der Waals surface area contributed by atoms with Crippen molar-refractivity contribution in [3.8, 4) is 0 Å². The van der Waals surface area contributed by atoms with E-state index in [2.05, 4.69) is 0 Å². The lowest BCUT2D eigenvalue weighted by atomic mass is 9.66. The van der Waals surface area contributed by atoms with Gasteiger partial charge in [0.25, 0.3) is 0 Å². The van der Waals surface area contributed by atoms with Crippen LogP contribution in [-0.2, 0) is 18.9 Å². The van der Waals surface area contributed by atoms with Crippen molar-refractivity contribution in [3.63, 3.8) is 0 Å². The topological polar surface area (TPSA) is 57.2 Å². The number of aliphatic hydroxyl groups excluding tert-OH is 1. The van der Waals surface area contributed by atoms with Crippen molar-refractivity contribution in [3.05, 3.63) is 0 Å². The van der Waals surface area contributed by atoms with Crippen LogP contribution in [0.25, 0.3) is 0 Å². The van der Waals surface area contributed by atoms with Gasteiger partial charge in [0.2, 0.25) is 0 Å². The van der Waals surface area contributed by atoms with Crippen molar-refractivity contribution in [2.45, 2.75) is 56.6 Å². The fraction of sp³-hybridized carbons (Fsp3) is 1.00. The third-order valence-electron chi connectivity index (χ3n) is 4.24. The quantitative estimate of drug-likeness (QED) is 0.773. The molecule has 0 aromatic heterocycles. The van der Waals surface area contributed by atoms with E-state index in [4.69, 9.17) is 18.9 Å². The van der Waals surface area contributed by atoms with Crippen LogP contribution in [0.4, 0.5) is 0 Å². The maximum absolute atomic E-state index is 9.40. The molecule has 2 saturated heterocycles. The highest BCUT2D eigenvalue weighted by Gasteiger charge is 2.68. The molecule has 2 unspecified atom stereocenters. The molecule has 0 bridgehead atoms. The largest absolute Gasteiger partial charge is 0.396 e. The summed E-state index contributed by atoms with van der Waals surface area (Å²) >= 11 is 0. The van der Waals surface area contributed by atoms with E-state index >= 15 is 0 Å². The number of hydrogen-bond donors (Lipinski definition) is 1. The van der Waals surface area contributed by atoms with Gasteiger partial charge in [-0.05, 0) is 26.7 Å². The molecule has 1 spiro atoms. The molecule has 5 nitrogen and oxygen atoms in total. The summed E-state index contributed by atoms with van der Waals surface area (Å²) in [4.78, 5) is 0. The average Bonchev–Trinajstić information content (AvgIpc) is 2.69. The lowest BCUT2D eigenvalue weighted by Gasteiger charge is -2.48. The minimum Gasteiger partial charge on any atom is -0.396 e. The second-order valence-electron chi connectivity index (χ2n) is 5.62. The van der Waals surface area contributed by atoms with Gasteiger partial charge in [-0.3, -0.25) is 0 Å². The molecule has 0 radical (unpaired) electrons. The molecule has 0 aromatic rings. The Morgan fingerprint density at radius 3 is 2.59 bits per heavy atom. The van der Waals surface area contributed by atoms with Crippen LogP contribution in [0.1, 0.15) is 26.7 Å². The number of hydrogen-bond acceptors (Lipinski definition) is 5. The molecular weight excluding hydrogens is 224 g/mol. The number of ether oxygens (including phenoxy) is 4. The molecule has 1 N–H and O–H groups in total. The van der Waals surface area contributed by atoms with Crippen LogP contribution in [0.2, 0.25) is 0 Å². The predicted molar refractivity (Wildman–Crippen MR) is 58.2 cm³/mol. The average molecular weight is 244 g/mol. The molecule has 0 amide bonds. The Hall–Kier alpha value is -0.200. The van der Waals surface area contributed by atoms with E-state index in [1.165, 1.54) is 0 Å². The maximum Gasteiger partial charge on any atom is 0.186 e. The zero-order valence-electron chi connectivity index (χ0n) is 10.5. The highest BCUT2D eigenvalue weighted by Crippen LogP contribution is 2.55. The molecule has 0 aromatic carbocycles. The molecule has 17 heavy (non-hydrogen) atoms. The van der Waals surface area contributed by atoms with Gasteiger partial charge >= 0.3 is 0 Å². The number of fused-ring (bicyclic) bond motifs is 2. The van der Waals surface area contributed by atoms with E-state index in [0.29, 0.717) is 0 Å². The molecule has 3 aliphatic rings. The van der Waals surface area contributed by atoms with Crippen molar-refractivity contribution in [2.75, 3.05) is 13.7 Å². The molecule has 98 valence electrons. The van der Waals surface area contributed by atoms with E-state index in [-0.39, 0.29) is 24.7 Å². The fourth-order valence-corrected chi connectivity index (χ4v) is 3.31. The second kappa shape index (κ2) is 3.65. The second-order valence-corrected chi connectivity index (χ2v) is 5.62. The Kier molecular flexibility index (Phi) is 2.55. The Bertz CT molecular complexity index is 316. The van der Waals surface area contributed by atoms with Crippen molar-refractivity contribution in [1.82, 2.24) is 0 Å². The molecule has 5 atom stereocenters. The van der Waals surface area contributed by atoms with Gasteiger partial charge in [-0.25, -0.2) is 0 Å². The van der Waals surface area contributed by atoms with E-state index in [1.54, 1.807) is 7.11 Å². The summed E-state index contributed by atoms with van der Waals surface area (Å²) in [6.45, 7) is 3.93. The van der Waals surface area contributed by atoms with Gasteiger partial charge in [-0.2, -0.15) is 0 Å². The first kappa shape index (κ1) is 11.9. The van der Waals surface area contributed by atoms with Crippen molar-refractivity contribution >= 4 is 0 Å². The molecule has 1 aliphatic carbocycles. The van der Waals surface area contributed by atoms with Crippen molar-refractivity contribution in [1.29, 1.82) is 0 Å². The summed E-state index contributed by atoms with van der Waals surface area (Å²) in [5.41, 5.74) is -0.409. The highest BCUT2D eigenvalue weighted by molar-refractivity contribution is 5.13. The summed E-state index contributed by atoms with van der Waals surface area (Å²) < 4.78 is 23.1. The molecular formula is C12H20O5. The zero-order chi connectivity index (χ0) is 12.3. The SMILES string of the molecule is COC1O[C@@]2(CC[C@@H]2CO)C2OC(C)(C)O[C@H]12. The zero-order valence-corrected chi connectivity index (χ0v) is 10.5. The molecule has 2 heterocycles. The third-order valence-corrected chi connectivity index (χ3v) is 4.24. The number of rotatable bonds is 2. The third kappa shape index (κ3) is 1.50. The molecule has 3 rings (SSSR count). The highest BCUT2D eigenvalue weighted by atomic mass is 16.8. The number of methoxy groups -OCH3 is 1. The summed E-state index contributed by atoms with van der Waals surface area (Å²) in [5.74, 6) is -0.467. The van der Waals surface area contributed by atoms with E-state index in [1.807, 2.05) is 13.8 Å². The Morgan fingerprint density at radius 1 is 1.29 bits per heavy atom. The van der Waals surface area contributed by atoms with Gasteiger partial charge in [0.05, 0.1) is 0 Å². The Balaban J connectivity index is 1.88. The van der Waals surface area contributed by atoms with Gasteiger partial charge in [0.1, 0.15) is 17.8 Å². The van der Waals surface area contributed by atoms with Crippen LogP contribution >= 0.6 is 0 Å². The summed E-state index contributed by atoms with van der Waals surface area (Å²) in [6.07, 6.45) is 1.16. The maximum atomic E-state index is 9.40. The van der Waals surface area contributed by atoms with Gasteiger partial charge < -0.3 is 24.1 Å². The fourth-order valence-electron chi connectivity index (χ4n) is 3.31. The Labute approximate surface area is 101 Å². The minimum absolute atomic E-state index is 0.128. The normalized spacial score (nSPS) is 51.5. The smallest absolute Gasteiger partial charge is 0.186 e. The van der Waals surface area contributed by atoms with Crippen LogP contribution in [-0.4, -0.2) is 48.7 Å². The molecule has 3 fully saturated rings. The lowest BCUT2D eigenvalue weighted by Crippen LogP contribution is -2.57. The van der Waals surface area contributed by atoms with Crippen LogP contribution < -0.4 is 0 Å². The van der Waals surface area contributed by atoms with Crippen LogP contribution in [0.3, 0.4) is 0 Å². The van der Waals surface area contributed by atoms with Crippen molar-refractivity contribution in [2.24, 2.45) is 5.92 Å². The molecule has 5 heteroatoms. The first-order valence-corrected chi connectivity index (χ1v) is 6.19. The predicted octanol–water partition coefficient (Wildman–Crippen LogP) is 0.650. The van der Waals surface area contributed by atoms with Gasteiger partial charge in [0, 0.05) is 19.6 Å². The van der Waals surface area contributed by atoms with Crippen LogP contribution in [0.5, 0.6) is 0 Å². The number of aliphatic hydroxyl groups is 1. The summed E-state index contributed by atoms with van der Waals surface area (Å²) in [6, 6.07) is 0.